The predicted octanol–water partition coefficient (Wildman–Crippen LogP) is 4.21. The van der Waals surface area contributed by atoms with Crippen molar-refractivity contribution in [1.29, 1.82) is 0 Å². The Bertz CT molecular complexity index is 1370. The van der Waals surface area contributed by atoms with E-state index in [0.29, 0.717) is 18.7 Å². The van der Waals surface area contributed by atoms with Gasteiger partial charge in [0.2, 0.25) is 0 Å². The summed E-state index contributed by atoms with van der Waals surface area (Å²) in [5, 5.41) is 3.49. The molecule has 0 amide bonds. The molecule has 4 aromatic rings. The van der Waals surface area contributed by atoms with E-state index in [1.165, 1.54) is 5.69 Å². The van der Waals surface area contributed by atoms with E-state index in [9.17, 15) is 4.79 Å². The standard InChI is InChI=1S/C27H27N5O2/c1-2-24-25(19-4-3-18-16-23(33)17-20(18)15-19)30-26(27-28-9-10-32(24)27)29-21-5-7-22(8-6-21)31-11-13-34-14-12-31/h3-10,15H,2,11-14,16-17H2,1H3,(H,29,30). The van der Waals surface area contributed by atoms with Crippen LogP contribution >= 0.6 is 0 Å². The zero-order valence-electron chi connectivity index (χ0n) is 19.3. The van der Waals surface area contributed by atoms with Crippen LogP contribution in [0.3, 0.4) is 0 Å². The van der Waals surface area contributed by atoms with E-state index in [-0.39, 0.29) is 5.78 Å². The number of morpholine rings is 1. The number of ether oxygens (including phenoxy) is 1. The molecule has 0 atom stereocenters. The smallest absolute Gasteiger partial charge is 0.180 e. The first kappa shape index (κ1) is 20.9. The molecule has 172 valence electrons. The number of ketones is 1. The molecule has 2 aromatic heterocycles. The van der Waals surface area contributed by atoms with Gasteiger partial charge >= 0.3 is 0 Å². The van der Waals surface area contributed by atoms with Gasteiger partial charge in [-0.25, -0.2) is 9.97 Å². The van der Waals surface area contributed by atoms with E-state index in [2.05, 4.69) is 69.0 Å². The Hall–Kier alpha value is -3.71. The normalized spacial score (nSPS) is 15.7. The largest absolute Gasteiger partial charge is 0.378 e. The van der Waals surface area contributed by atoms with Crippen LogP contribution in [0.25, 0.3) is 16.9 Å². The van der Waals surface area contributed by atoms with Gasteiger partial charge in [0, 0.05) is 55.3 Å². The van der Waals surface area contributed by atoms with Crippen molar-refractivity contribution in [3.8, 4) is 11.3 Å². The fourth-order valence-electron chi connectivity index (χ4n) is 5.00. The summed E-state index contributed by atoms with van der Waals surface area (Å²) in [6.07, 6.45) is 5.67. The minimum absolute atomic E-state index is 0.281. The quantitative estimate of drug-likeness (QED) is 0.488. The number of carbonyl (C=O) groups excluding carboxylic acids is 1. The van der Waals surface area contributed by atoms with Crippen molar-refractivity contribution in [2.24, 2.45) is 0 Å². The van der Waals surface area contributed by atoms with Gasteiger partial charge < -0.3 is 15.0 Å². The summed E-state index contributed by atoms with van der Waals surface area (Å²) in [6.45, 7) is 5.50. The van der Waals surface area contributed by atoms with Crippen molar-refractivity contribution in [1.82, 2.24) is 14.4 Å². The maximum Gasteiger partial charge on any atom is 0.180 e. The van der Waals surface area contributed by atoms with Crippen molar-refractivity contribution in [2.75, 3.05) is 36.5 Å². The molecule has 0 radical (unpaired) electrons. The zero-order valence-corrected chi connectivity index (χ0v) is 19.3. The lowest BCUT2D eigenvalue weighted by atomic mass is 10.0. The number of anilines is 3. The predicted molar refractivity (Wildman–Crippen MR) is 133 cm³/mol. The third kappa shape index (κ3) is 3.72. The molecule has 0 saturated carbocycles. The first-order chi connectivity index (χ1) is 16.7. The topological polar surface area (TPSA) is 71.8 Å². The lowest BCUT2D eigenvalue weighted by molar-refractivity contribution is -0.117. The van der Waals surface area contributed by atoms with Crippen LogP contribution in [0, 0.1) is 0 Å². The summed E-state index contributed by atoms with van der Waals surface area (Å²) in [4.78, 5) is 23.9. The molecule has 0 unspecified atom stereocenters. The second-order valence-electron chi connectivity index (χ2n) is 8.88. The van der Waals surface area contributed by atoms with Gasteiger partial charge in [-0.1, -0.05) is 19.1 Å². The second-order valence-corrected chi connectivity index (χ2v) is 8.88. The molecule has 2 aliphatic rings. The monoisotopic (exact) mass is 453 g/mol. The molecule has 7 heteroatoms. The van der Waals surface area contributed by atoms with Crippen LogP contribution < -0.4 is 10.2 Å². The van der Waals surface area contributed by atoms with Crippen LogP contribution in [-0.4, -0.2) is 46.5 Å². The van der Waals surface area contributed by atoms with E-state index in [0.717, 1.165) is 72.1 Å². The van der Waals surface area contributed by atoms with E-state index in [1.807, 2.05) is 12.4 Å². The number of imidazole rings is 1. The van der Waals surface area contributed by atoms with E-state index < -0.39 is 0 Å². The molecule has 2 aromatic carbocycles. The zero-order chi connectivity index (χ0) is 23.1. The maximum atomic E-state index is 11.9. The van der Waals surface area contributed by atoms with Crippen molar-refractivity contribution in [3.05, 3.63) is 71.7 Å². The highest BCUT2D eigenvalue weighted by atomic mass is 16.5. The van der Waals surface area contributed by atoms with Gasteiger partial charge in [-0.3, -0.25) is 9.20 Å². The Labute approximate surface area is 198 Å². The van der Waals surface area contributed by atoms with Crippen LogP contribution in [0.5, 0.6) is 0 Å². The van der Waals surface area contributed by atoms with Crippen LogP contribution in [-0.2, 0) is 28.8 Å². The third-order valence-corrected chi connectivity index (χ3v) is 6.74. The molecule has 0 spiro atoms. The average molecular weight is 454 g/mol. The molecule has 34 heavy (non-hydrogen) atoms. The molecule has 1 aliphatic carbocycles. The number of aromatic nitrogens is 3. The summed E-state index contributed by atoms with van der Waals surface area (Å²) in [5.74, 6) is 0.997. The van der Waals surface area contributed by atoms with Crippen LogP contribution in [0.15, 0.2) is 54.9 Å². The van der Waals surface area contributed by atoms with Gasteiger partial charge in [-0.05, 0) is 47.9 Å². The molecular formula is C27H27N5O2. The number of carbonyl (C=O) groups is 1. The van der Waals surface area contributed by atoms with E-state index >= 15 is 0 Å². The number of aryl methyl sites for hydroxylation is 1. The highest BCUT2D eigenvalue weighted by molar-refractivity contribution is 5.89. The molecule has 1 fully saturated rings. The Balaban J connectivity index is 1.37. The molecule has 0 bridgehead atoms. The molecular weight excluding hydrogens is 426 g/mol. The fraction of sp³-hybridized carbons (Fsp3) is 0.296. The van der Waals surface area contributed by atoms with Gasteiger partial charge in [-0.2, -0.15) is 0 Å². The highest BCUT2D eigenvalue weighted by Crippen LogP contribution is 2.32. The summed E-state index contributed by atoms with van der Waals surface area (Å²) in [5.41, 5.74) is 8.26. The van der Waals surface area contributed by atoms with Gasteiger partial charge in [-0.15, -0.1) is 0 Å². The molecule has 3 heterocycles. The van der Waals surface area contributed by atoms with Crippen molar-refractivity contribution >= 4 is 28.6 Å². The summed E-state index contributed by atoms with van der Waals surface area (Å²) in [6, 6.07) is 14.7. The number of fused-ring (bicyclic) bond motifs is 2. The van der Waals surface area contributed by atoms with E-state index in [4.69, 9.17) is 9.72 Å². The molecule has 1 saturated heterocycles. The second kappa shape index (κ2) is 8.57. The summed E-state index contributed by atoms with van der Waals surface area (Å²) in [7, 11) is 0. The lowest BCUT2D eigenvalue weighted by Crippen LogP contribution is -2.36. The number of nitrogens with one attached hydrogen (secondary N) is 1. The Morgan fingerprint density at radius 3 is 2.62 bits per heavy atom. The summed E-state index contributed by atoms with van der Waals surface area (Å²) < 4.78 is 7.58. The number of hydrogen-bond acceptors (Lipinski definition) is 6. The third-order valence-electron chi connectivity index (χ3n) is 6.74. The summed E-state index contributed by atoms with van der Waals surface area (Å²) >= 11 is 0. The Morgan fingerprint density at radius 1 is 1.03 bits per heavy atom. The lowest BCUT2D eigenvalue weighted by Gasteiger charge is -2.28. The molecule has 6 rings (SSSR count). The first-order valence-electron chi connectivity index (χ1n) is 11.9. The number of rotatable bonds is 5. The highest BCUT2D eigenvalue weighted by Gasteiger charge is 2.21. The molecule has 1 N–H and O–H groups in total. The fourth-order valence-corrected chi connectivity index (χ4v) is 5.00. The van der Waals surface area contributed by atoms with Crippen molar-refractivity contribution in [2.45, 2.75) is 26.2 Å². The van der Waals surface area contributed by atoms with Crippen LogP contribution in [0.2, 0.25) is 0 Å². The van der Waals surface area contributed by atoms with E-state index in [1.54, 1.807) is 0 Å². The minimum atomic E-state index is 0.281. The SMILES string of the molecule is CCc1c(-c2ccc3c(c2)CC(=O)C3)nc(Nc2ccc(N3CCOCC3)cc2)c2nccn12. The number of Topliss-reactive ketones (excluding diaryl/α,β-unsaturated/α-hetero) is 1. The molecule has 7 nitrogen and oxygen atoms in total. The average Bonchev–Trinajstić information content (AvgIpc) is 3.50. The van der Waals surface area contributed by atoms with Crippen LogP contribution in [0.4, 0.5) is 17.2 Å². The van der Waals surface area contributed by atoms with Gasteiger partial charge in [0.05, 0.1) is 24.6 Å². The Morgan fingerprint density at radius 2 is 1.82 bits per heavy atom. The minimum Gasteiger partial charge on any atom is -0.378 e. The number of nitrogens with zero attached hydrogens (tertiary/aromatic N) is 4. The number of hydrogen-bond donors (Lipinski definition) is 1. The van der Waals surface area contributed by atoms with Crippen molar-refractivity contribution in [3.63, 3.8) is 0 Å². The van der Waals surface area contributed by atoms with Gasteiger partial charge in [0.25, 0.3) is 0 Å². The van der Waals surface area contributed by atoms with Gasteiger partial charge in [0.1, 0.15) is 5.78 Å². The number of benzene rings is 2. The maximum absolute atomic E-state index is 11.9. The van der Waals surface area contributed by atoms with Crippen molar-refractivity contribution < 1.29 is 9.53 Å². The van der Waals surface area contributed by atoms with Crippen LogP contribution in [0.1, 0.15) is 23.7 Å². The van der Waals surface area contributed by atoms with Gasteiger partial charge in [0.15, 0.2) is 11.5 Å². The molecule has 1 aliphatic heterocycles. The Kier molecular flexibility index (Phi) is 5.26. The first-order valence-corrected chi connectivity index (χ1v) is 11.9.